The van der Waals surface area contributed by atoms with Crippen LogP contribution in [0.2, 0.25) is 0 Å². The predicted molar refractivity (Wildman–Crippen MR) is 90.9 cm³/mol. The largest absolute Gasteiger partial charge is 0.467 e. The Morgan fingerprint density at radius 3 is 2.96 bits per heavy atom. The first-order valence-electron chi connectivity index (χ1n) is 7.44. The lowest BCUT2D eigenvalue weighted by Crippen LogP contribution is -2.26. The van der Waals surface area contributed by atoms with E-state index < -0.39 is 0 Å². The number of hydrogen-bond donors (Lipinski definition) is 2. The van der Waals surface area contributed by atoms with Gasteiger partial charge >= 0.3 is 0 Å². The Hall–Kier alpha value is -2.41. The molecule has 23 heavy (non-hydrogen) atoms. The van der Waals surface area contributed by atoms with Crippen LogP contribution in [-0.4, -0.2) is 22.4 Å². The van der Waals surface area contributed by atoms with Gasteiger partial charge in [-0.2, -0.15) is 0 Å². The molecular weight excluding hydrogens is 312 g/mol. The molecule has 6 nitrogen and oxygen atoms in total. The molecule has 3 heterocycles. The van der Waals surface area contributed by atoms with E-state index in [9.17, 15) is 4.79 Å². The Morgan fingerprint density at radius 1 is 1.43 bits per heavy atom. The van der Waals surface area contributed by atoms with Crippen molar-refractivity contribution in [1.29, 1.82) is 0 Å². The number of anilines is 1. The number of nitrogens with zero attached hydrogens (tertiary/aromatic N) is 2. The highest BCUT2D eigenvalue weighted by atomic mass is 32.1. The fourth-order valence-corrected chi connectivity index (χ4v) is 3.51. The number of aromatic nitrogens is 2. The molecule has 1 unspecified atom stereocenters. The second kappa shape index (κ2) is 6.37. The molecule has 0 aliphatic heterocycles. The van der Waals surface area contributed by atoms with Gasteiger partial charge in [0.25, 0.3) is 5.91 Å². The van der Waals surface area contributed by atoms with Crippen LogP contribution in [0, 0.1) is 6.92 Å². The normalized spacial score (nSPS) is 12.3. The molecule has 0 saturated heterocycles. The molecule has 0 bridgehead atoms. The molecule has 0 aliphatic carbocycles. The Morgan fingerprint density at radius 2 is 2.26 bits per heavy atom. The van der Waals surface area contributed by atoms with Crippen LogP contribution < -0.4 is 10.6 Å². The third kappa shape index (κ3) is 2.92. The van der Waals surface area contributed by atoms with Crippen LogP contribution in [0.5, 0.6) is 0 Å². The van der Waals surface area contributed by atoms with Crippen LogP contribution in [0.25, 0.3) is 10.2 Å². The standard InChI is InChI=1S/C16H18N4O2S/c1-4-17-14-12-9(2)13(23-16(12)19-8-18-14)15(21)20-10(3)11-6-5-7-22-11/h5-8,10H,4H2,1-3H3,(H,20,21)(H,17,18,19). The van der Waals surface area contributed by atoms with Gasteiger partial charge in [0.1, 0.15) is 22.7 Å². The van der Waals surface area contributed by atoms with Crippen molar-refractivity contribution in [2.24, 2.45) is 0 Å². The van der Waals surface area contributed by atoms with E-state index in [1.807, 2.05) is 26.8 Å². The fraction of sp³-hybridized carbons (Fsp3) is 0.312. The zero-order chi connectivity index (χ0) is 16.4. The van der Waals surface area contributed by atoms with Crippen molar-refractivity contribution in [3.05, 3.63) is 40.9 Å². The monoisotopic (exact) mass is 330 g/mol. The van der Waals surface area contributed by atoms with Crippen molar-refractivity contribution in [2.75, 3.05) is 11.9 Å². The fourth-order valence-electron chi connectivity index (χ4n) is 2.46. The van der Waals surface area contributed by atoms with Gasteiger partial charge in [-0.3, -0.25) is 4.79 Å². The quantitative estimate of drug-likeness (QED) is 0.748. The zero-order valence-electron chi connectivity index (χ0n) is 13.2. The maximum atomic E-state index is 12.6. The van der Waals surface area contributed by atoms with E-state index in [-0.39, 0.29) is 11.9 Å². The number of fused-ring (bicyclic) bond motifs is 1. The molecule has 0 saturated carbocycles. The van der Waals surface area contributed by atoms with Gasteiger partial charge in [-0.25, -0.2) is 9.97 Å². The summed E-state index contributed by atoms with van der Waals surface area (Å²) in [6.07, 6.45) is 3.12. The van der Waals surface area contributed by atoms with Crippen molar-refractivity contribution in [3.8, 4) is 0 Å². The molecule has 2 N–H and O–H groups in total. The SMILES string of the molecule is CCNc1ncnc2sc(C(=O)NC(C)c3ccco3)c(C)c12. The summed E-state index contributed by atoms with van der Waals surface area (Å²) in [5, 5.41) is 7.09. The Labute approximate surface area is 137 Å². The van der Waals surface area contributed by atoms with Crippen LogP contribution in [-0.2, 0) is 0 Å². The summed E-state index contributed by atoms with van der Waals surface area (Å²) in [4.78, 5) is 22.6. The highest BCUT2D eigenvalue weighted by Crippen LogP contribution is 2.33. The minimum absolute atomic E-state index is 0.128. The van der Waals surface area contributed by atoms with E-state index in [4.69, 9.17) is 4.42 Å². The van der Waals surface area contributed by atoms with Gasteiger partial charge in [-0.05, 0) is 38.5 Å². The van der Waals surface area contributed by atoms with Crippen LogP contribution >= 0.6 is 11.3 Å². The molecule has 0 aromatic carbocycles. The van der Waals surface area contributed by atoms with E-state index in [2.05, 4.69) is 20.6 Å². The van der Waals surface area contributed by atoms with Gasteiger partial charge in [-0.15, -0.1) is 11.3 Å². The minimum atomic E-state index is -0.193. The molecule has 0 radical (unpaired) electrons. The Balaban J connectivity index is 1.92. The lowest BCUT2D eigenvalue weighted by molar-refractivity contribution is 0.0939. The summed E-state index contributed by atoms with van der Waals surface area (Å²) in [7, 11) is 0. The van der Waals surface area contributed by atoms with Crippen LogP contribution in [0.4, 0.5) is 5.82 Å². The Bertz CT molecular complexity index is 826. The number of carbonyl (C=O) groups excluding carboxylic acids is 1. The lowest BCUT2D eigenvalue weighted by atomic mass is 10.2. The molecule has 0 fully saturated rings. The number of carbonyl (C=O) groups is 1. The maximum Gasteiger partial charge on any atom is 0.262 e. The molecular formula is C16H18N4O2S. The van der Waals surface area contributed by atoms with Crippen LogP contribution in [0.1, 0.15) is 40.9 Å². The van der Waals surface area contributed by atoms with Gasteiger partial charge in [-0.1, -0.05) is 0 Å². The first kappa shape index (κ1) is 15.5. The van der Waals surface area contributed by atoms with Crippen molar-refractivity contribution in [2.45, 2.75) is 26.8 Å². The molecule has 7 heteroatoms. The summed E-state index contributed by atoms with van der Waals surface area (Å²) >= 11 is 1.38. The van der Waals surface area contributed by atoms with Gasteiger partial charge in [0, 0.05) is 6.54 Å². The van der Waals surface area contributed by atoms with Gasteiger partial charge < -0.3 is 15.1 Å². The molecule has 120 valence electrons. The van der Waals surface area contributed by atoms with Crippen LogP contribution in [0.15, 0.2) is 29.1 Å². The molecule has 0 aliphatic rings. The van der Waals surface area contributed by atoms with Gasteiger partial charge in [0.05, 0.1) is 22.6 Å². The number of aryl methyl sites for hydroxylation is 1. The smallest absolute Gasteiger partial charge is 0.262 e. The van der Waals surface area contributed by atoms with E-state index in [0.29, 0.717) is 4.88 Å². The second-order valence-corrected chi connectivity index (χ2v) is 6.20. The molecule has 3 aromatic heterocycles. The predicted octanol–water partition coefficient (Wildman–Crippen LogP) is 3.52. The summed E-state index contributed by atoms with van der Waals surface area (Å²) < 4.78 is 5.33. The number of rotatable bonds is 5. The average molecular weight is 330 g/mol. The summed E-state index contributed by atoms with van der Waals surface area (Å²) in [6.45, 7) is 6.59. The summed E-state index contributed by atoms with van der Waals surface area (Å²) in [6, 6.07) is 3.46. The number of hydrogen-bond acceptors (Lipinski definition) is 6. The van der Waals surface area contributed by atoms with Crippen molar-refractivity contribution >= 4 is 33.3 Å². The van der Waals surface area contributed by atoms with Crippen molar-refractivity contribution in [3.63, 3.8) is 0 Å². The topological polar surface area (TPSA) is 80.0 Å². The van der Waals surface area contributed by atoms with Crippen molar-refractivity contribution < 1.29 is 9.21 Å². The third-order valence-corrected chi connectivity index (χ3v) is 4.79. The van der Waals surface area contributed by atoms with Crippen LogP contribution in [0.3, 0.4) is 0 Å². The number of nitrogens with one attached hydrogen (secondary N) is 2. The van der Waals surface area contributed by atoms with E-state index in [1.54, 1.807) is 12.3 Å². The first-order chi connectivity index (χ1) is 11.1. The van der Waals surface area contributed by atoms with Gasteiger partial charge in [0.15, 0.2) is 0 Å². The van der Waals surface area contributed by atoms with E-state index in [1.165, 1.54) is 17.7 Å². The molecule has 3 aromatic rings. The summed E-state index contributed by atoms with van der Waals surface area (Å²) in [5.41, 5.74) is 0.894. The number of amides is 1. The first-order valence-corrected chi connectivity index (χ1v) is 8.25. The van der Waals surface area contributed by atoms with Gasteiger partial charge in [0.2, 0.25) is 0 Å². The minimum Gasteiger partial charge on any atom is -0.467 e. The number of thiophene rings is 1. The molecule has 1 atom stereocenters. The number of furan rings is 1. The molecule has 0 spiro atoms. The van der Waals surface area contributed by atoms with E-state index in [0.717, 1.165) is 33.9 Å². The lowest BCUT2D eigenvalue weighted by Gasteiger charge is -2.11. The highest BCUT2D eigenvalue weighted by molar-refractivity contribution is 7.20. The second-order valence-electron chi connectivity index (χ2n) is 5.20. The summed E-state index contributed by atoms with van der Waals surface area (Å²) in [5.74, 6) is 1.37. The molecule has 1 amide bonds. The average Bonchev–Trinajstić information content (AvgIpc) is 3.16. The Kier molecular flexibility index (Phi) is 4.29. The van der Waals surface area contributed by atoms with Crippen molar-refractivity contribution in [1.82, 2.24) is 15.3 Å². The van der Waals surface area contributed by atoms with E-state index >= 15 is 0 Å². The maximum absolute atomic E-state index is 12.6. The highest BCUT2D eigenvalue weighted by Gasteiger charge is 2.21. The zero-order valence-corrected chi connectivity index (χ0v) is 14.0. The molecule has 3 rings (SSSR count). The third-order valence-electron chi connectivity index (χ3n) is 3.59.